The first-order valence-electron chi connectivity index (χ1n) is 7.57. The number of fused-ring (bicyclic) bond motifs is 1. The first-order chi connectivity index (χ1) is 10.2. The molecule has 3 rings (SSSR count). The molecule has 1 atom stereocenters. The van der Waals surface area contributed by atoms with E-state index in [9.17, 15) is 4.79 Å². The first-order valence-corrected chi connectivity index (χ1v) is 7.57. The van der Waals surface area contributed by atoms with Crippen molar-refractivity contribution in [2.24, 2.45) is 5.92 Å². The number of aromatic nitrogens is 2. The maximum Gasteiger partial charge on any atom is 0.227 e. The number of nitrogens with zero attached hydrogens (tertiary/aromatic N) is 2. The van der Waals surface area contributed by atoms with Crippen molar-refractivity contribution < 1.29 is 4.79 Å². The molecule has 4 heteroatoms. The zero-order valence-electron chi connectivity index (χ0n) is 12.6. The average molecular weight is 283 g/mol. The highest BCUT2D eigenvalue weighted by Gasteiger charge is 2.25. The summed E-state index contributed by atoms with van der Waals surface area (Å²) in [6.07, 6.45) is 6.29. The molecule has 0 saturated carbocycles. The van der Waals surface area contributed by atoms with Gasteiger partial charge in [-0.05, 0) is 30.9 Å². The van der Waals surface area contributed by atoms with Crippen LogP contribution in [0, 0.1) is 12.8 Å². The van der Waals surface area contributed by atoms with Crippen LogP contribution in [-0.4, -0.2) is 15.5 Å². The van der Waals surface area contributed by atoms with Crippen LogP contribution in [0.1, 0.15) is 30.2 Å². The van der Waals surface area contributed by atoms with Gasteiger partial charge in [-0.3, -0.25) is 4.79 Å². The molecule has 21 heavy (non-hydrogen) atoms. The van der Waals surface area contributed by atoms with Crippen LogP contribution in [0.3, 0.4) is 0 Å². The maximum absolute atomic E-state index is 12.6. The number of hydrogen-bond acceptors (Lipinski definition) is 2. The smallest absolute Gasteiger partial charge is 0.227 e. The summed E-state index contributed by atoms with van der Waals surface area (Å²) in [5, 5.41) is 3.15. The Morgan fingerprint density at radius 2 is 2.33 bits per heavy atom. The predicted octanol–water partition coefficient (Wildman–Crippen LogP) is 2.96. The summed E-state index contributed by atoms with van der Waals surface area (Å²) in [7, 11) is 0. The van der Waals surface area contributed by atoms with Gasteiger partial charge in [-0.2, -0.15) is 0 Å². The number of nitrogens with one attached hydrogen (secondary N) is 1. The third-order valence-corrected chi connectivity index (χ3v) is 4.33. The molecule has 1 aromatic heterocycles. The molecule has 0 saturated heterocycles. The fraction of sp³-hybridized carbons (Fsp3) is 0.412. The number of benzene rings is 1. The lowest BCUT2D eigenvalue weighted by atomic mass is 9.94. The Bertz CT molecular complexity index is 660. The fourth-order valence-corrected chi connectivity index (χ4v) is 3.02. The Morgan fingerprint density at radius 1 is 1.48 bits per heavy atom. The Labute approximate surface area is 125 Å². The molecule has 110 valence electrons. The van der Waals surface area contributed by atoms with Gasteiger partial charge in [-0.15, -0.1) is 0 Å². The molecule has 1 aromatic carbocycles. The molecule has 0 spiro atoms. The lowest BCUT2D eigenvalue weighted by molar-refractivity contribution is -0.120. The van der Waals surface area contributed by atoms with Crippen molar-refractivity contribution in [1.29, 1.82) is 0 Å². The first kappa shape index (κ1) is 13.9. The van der Waals surface area contributed by atoms with E-state index < -0.39 is 0 Å². The van der Waals surface area contributed by atoms with Crippen LogP contribution in [0.25, 0.3) is 0 Å². The van der Waals surface area contributed by atoms with Crippen LogP contribution in [0.2, 0.25) is 0 Å². The van der Waals surface area contributed by atoms with Crippen LogP contribution in [0.4, 0.5) is 5.69 Å². The van der Waals surface area contributed by atoms with Gasteiger partial charge in [0.05, 0.1) is 6.33 Å². The molecular formula is C17H21N3O. The molecule has 0 bridgehead atoms. The van der Waals surface area contributed by atoms with Crippen molar-refractivity contribution in [1.82, 2.24) is 9.55 Å². The van der Waals surface area contributed by atoms with E-state index in [1.54, 1.807) is 0 Å². The van der Waals surface area contributed by atoms with Crippen LogP contribution < -0.4 is 5.32 Å². The zero-order chi connectivity index (χ0) is 14.8. The van der Waals surface area contributed by atoms with Crippen molar-refractivity contribution in [2.75, 3.05) is 5.32 Å². The Balaban J connectivity index is 1.76. The number of carbonyl (C=O) groups excluding carboxylic acids is 1. The van der Waals surface area contributed by atoms with Gasteiger partial charge in [-0.1, -0.05) is 25.1 Å². The Hall–Kier alpha value is -2.10. The van der Waals surface area contributed by atoms with E-state index in [1.807, 2.05) is 31.6 Å². The molecule has 2 aromatic rings. The lowest BCUT2D eigenvalue weighted by Gasteiger charge is -2.24. The second kappa shape index (κ2) is 5.72. The minimum Gasteiger partial charge on any atom is -0.335 e. The number of carbonyl (C=O) groups is 1. The molecule has 1 N–H and O–H groups in total. The summed E-state index contributed by atoms with van der Waals surface area (Å²) in [6, 6.07) is 6.17. The standard InChI is InChI=1S/C17H21N3O/c1-3-13-6-4-5-12(2)16(13)19-17(21)14-7-8-20-11-18-10-15(20)9-14/h4-6,10-11,14H,3,7-9H2,1-2H3,(H,19,21). The third-order valence-electron chi connectivity index (χ3n) is 4.33. The molecule has 1 amide bonds. The van der Waals surface area contributed by atoms with E-state index in [-0.39, 0.29) is 11.8 Å². The SMILES string of the molecule is CCc1cccc(C)c1NC(=O)C1CCn2cncc2C1. The molecule has 0 aliphatic carbocycles. The highest BCUT2D eigenvalue weighted by molar-refractivity contribution is 5.94. The van der Waals surface area contributed by atoms with Gasteiger partial charge in [0.25, 0.3) is 0 Å². The molecule has 1 aliphatic rings. The molecule has 0 radical (unpaired) electrons. The topological polar surface area (TPSA) is 46.9 Å². The largest absolute Gasteiger partial charge is 0.335 e. The van der Waals surface area contributed by atoms with Crippen molar-refractivity contribution >= 4 is 11.6 Å². The second-order valence-corrected chi connectivity index (χ2v) is 5.72. The summed E-state index contributed by atoms with van der Waals surface area (Å²) in [5.74, 6) is 0.171. The second-order valence-electron chi connectivity index (χ2n) is 5.72. The molecular weight excluding hydrogens is 262 g/mol. The fourth-order valence-electron chi connectivity index (χ4n) is 3.02. The molecule has 2 heterocycles. The van der Waals surface area contributed by atoms with Crippen LogP contribution >= 0.6 is 0 Å². The minimum atomic E-state index is 0.0403. The predicted molar refractivity (Wildman–Crippen MR) is 83.2 cm³/mol. The van der Waals surface area contributed by atoms with Crippen molar-refractivity contribution in [3.8, 4) is 0 Å². The van der Waals surface area contributed by atoms with Crippen molar-refractivity contribution in [3.05, 3.63) is 47.5 Å². The summed E-state index contributed by atoms with van der Waals surface area (Å²) >= 11 is 0. The number of para-hydroxylation sites is 1. The zero-order valence-corrected chi connectivity index (χ0v) is 12.6. The maximum atomic E-state index is 12.6. The highest BCUT2D eigenvalue weighted by atomic mass is 16.1. The number of amides is 1. The van der Waals surface area contributed by atoms with Crippen LogP contribution in [0.15, 0.2) is 30.7 Å². The van der Waals surface area contributed by atoms with Gasteiger partial charge >= 0.3 is 0 Å². The van der Waals surface area contributed by atoms with E-state index in [2.05, 4.69) is 27.9 Å². The quantitative estimate of drug-likeness (QED) is 0.941. The molecule has 4 nitrogen and oxygen atoms in total. The number of imidazole rings is 1. The summed E-state index contributed by atoms with van der Waals surface area (Å²) in [4.78, 5) is 16.7. The molecule has 1 unspecified atom stereocenters. The highest BCUT2D eigenvalue weighted by Crippen LogP contribution is 2.25. The van der Waals surface area contributed by atoms with Crippen LogP contribution in [-0.2, 0) is 24.2 Å². The average Bonchev–Trinajstić information content (AvgIpc) is 2.96. The van der Waals surface area contributed by atoms with Gasteiger partial charge in [0.2, 0.25) is 5.91 Å². The Morgan fingerprint density at radius 3 is 3.14 bits per heavy atom. The normalized spacial score (nSPS) is 17.3. The van der Waals surface area contributed by atoms with Crippen LogP contribution in [0.5, 0.6) is 0 Å². The van der Waals surface area contributed by atoms with Gasteiger partial charge in [-0.25, -0.2) is 4.98 Å². The van der Waals surface area contributed by atoms with Crippen molar-refractivity contribution in [3.63, 3.8) is 0 Å². The van der Waals surface area contributed by atoms with Gasteiger partial charge in [0.1, 0.15) is 0 Å². The van der Waals surface area contributed by atoms with E-state index in [0.717, 1.165) is 42.8 Å². The van der Waals surface area contributed by atoms with E-state index in [1.165, 1.54) is 5.56 Å². The number of hydrogen-bond donors (Lipinski definition) is 1. The van der Waals surface area contributed by atoms with E-state index >= 15 is 0 Å². The molecule has 1 aliphatic heterocycles. The number of aryl methyl sites for hydroxylation is 3. The van der Waals surface area contributed by atoms with E-state index in [4.69, 9.17) is 0 Å². The summed E-state index contributed by atoms with van der Waals surface area (Å²) < 4.78 is 2.13. The van der Waals surface area contributed by atoms with E-state index in [0.29, 0.717) is 0 Å². The Kier molecular flexibility index (Phi) is 3.78. The number of anilines is 1. The lowest BCUT2D eigenvalue weighted by Crippen LogP contribution is -2.30. The molecule has 0 fully saturated rings. The minimum absolute atomic E-state index is 0.0403. The summed E-state index contributed by atoms with van der Waals surface area (Å²) in [6.45, 7) is 5.04. The summed E-state index contributed by atoms with van der Waals surface area (Å²) in [5.41, 5.74) is 4.47. The van der Waals surface area contributed by atoms with Gasteiger partial charge in [0.15, 0.2) is 0 Å². The van der Waals surface area contributed by atoms with Crippen molar-refractivity contribution in [2.45, 2.75) is 39.7 Å². The third kappa shape index (κ3) is 2.71. The monoisotopic (exact) mass is 283 g/mol. The number of rotatable bonds is 3. The van der Waals surface area contributed by atoms with Gasteiger partial charge in [0, 0.05) is 36.5 Å². The van der Waals surface area contributed by atoms with Gasteiger partial charge < -0.3 is 9.88 Å².